The van der Waals surface area contributed by atoms with Crippen LogP contribution in [0.2, 0.25) is 0 Å². The number of hydrogen-bond donors (Lipinski definition) is 0. The lowest BCUT2D eigenvalue weighted by Gasteiger charge is -2.35. The molecule has 4 heterocycles. The fourth-order valence-electron chi connectivity index (χ4n) is 4.06. The van der Waals surface area contributed by atoms with Crippen LogP contribution in [-0.4, -0.2) is 71.6 Å². The molecule has 0 N–H and O–H groups in total. The Kier molecular flexibility index (Phi) is 5.08. The first-order valence-corrected chi connectivity index (χ1v) is 11.1. The minimum absolute atomic E-state index is 0.141. The number of ether oxygens (including phenoxy) is 2. The zero-order valence-electron chi connectivity index (χ0n) is 17.2. The summed E-state index contributed by atoms with van der Waals surface area (Å²) >= 11 is 1.67. The minimum atomic E-state index is -0.239. The van der Waals surface area contributed by atoms with Crippen LogP contribution in [0.1, 0.15) is 18.5 Å². The van der Waals surface area contributed by atoms with Crippen LogP contribution in [0.4, 0.5) is 5.13 Å². The predicted molar refractivity (Wildman–Crippen MR) is 116 cm³/mol. The Morgan fingerprint density at radius 3 is 2.63 bits per heavy atom. The first kappa shape index (κ1) is 19.3. The van der Waals surface area contributed by atoms with Crippen molar-refractivity contribution in [2.75, 3.05) is 44.8 Å². The smallest absolute Gasteiger partial charge is 0.251 e. The van der Waals surface area contributed by atoms with Crippen molar-refractivity contribution in [2.45, 2.75) is 25.9 Å². The lowest BCUT2D eigenvalue weighted by molar-refractivity contribution is -0.141. The number of amides is 1. The number of methoxy groups -OCH3 is 1. The van der Waals surface area contributed by atoms with Crippen molar-refractivity contribution in [3.8, 4) is 11.4 Å². The molecule has 3 aromatic rings. The highest BCUT2D eigenvalue weighted by Crippen LogP contribution is 2.33. The molecule has 0 unspecified atom stereocenters. The van der Waals surface area contributed by atoms with Gasteiger partial charge in [-0.1, -0.05) is 11.3 Å². The van der Waals surface area contributed by atoms with E-state index in [1.807, 2.05) is 40.8 Å². The third kappa shape index (κ3) is 3.41. The van der Waals surface area contributed by atoms with E-state index in [1.54, 1.807) is 18.4 Å². The summed E-state index contributed by atoms with van der Waals surface area (Å²) in [4.78, 5) is 21.7. The number of fused-ring (bicyclic) bond motifs is 1. The molecule has 0 bridgehead atoms. The number of aromatic nitrogens is 3. The SMILES string of the molecule is COc1ccc(-n2nc(C)c3sc(N4CCN(C(=O)[C@@H]5CCCO5)CC4)nc32)cc1. The summed E-state index contributed by atoms with van der Waals surface area (Å²) in [6, 6.07) is 7.82. The first-order valence-electron chi connectivity index (χ1n) is 10.3. The summed E-state index contributed by atoms with van der Waals surface area (Å²) in [5, 5.41) is 5.66. The Morgan fingerprint density at radius 2 is 1.97 bits per heavy atom. The van der Waals surface area contributed by atoms with E-state index in [4.69, 9.17) is 14.5 Å². The highest BCUT2D eigenvalue weighted by Gasteiger charge is 2.31. The molecule has 1 aromatic carbocycles. The number of carbonyl (C=O) groups excluding carboxylic acids is 1. The molecule has 1 atom stereocenters. The Morgan fingerprint density at radius 1 is 1.20 bits per heavy atom. The van der Waals surface area contributed by atoms with Gasteiger partial charge in [-0.3, -0.25) is 4.79 Å². The molecule has 8 nitrogen and oxygen atoms in total. The first-order chi connectivity index (χ1) is 14.6. The van der Waals surface area contributed by atoms with Crippen LogP contribution in [0.5, 0.6) is 5.75 Å². The number of aryl methyl sites for hydroxylation is 1. The number of rotatable bonds is 4. The number of anilines is 1. The number of hydrogen-bond acceptors (Lipinski definition) is 7. The molecule has 2 aromatic heterocycles. The number of carbonyl (C=O) groups is 1. The molecule has 0 spiro atoms. The number of piperazine rings is 1. The monoisotopic (exact) mass is 427 g/mol. The second-order valence-corrected chi connectivity index (χ2v) is 8.64. The van der Waals surface area contributed by atoms with Crippen molar-refractivity contribution >= 4 is 32.7 Å². The predicted octanol–water partition coefficient (Wildman–Crippen LogP) is 2.63. The molecule has 30 heavy (non-hydrogen) atoms. The largest absolute Gasteiger partial charge is 0.497 e. The topological polar surface area (TPSA) is 72.7 Å². The molecular weight excluding hydrogens is 402 g/mol. The van der Waals surface area contributed by atoms with Crippen molar-refractivity contribution in [3.05, 3.63) is 30.0 Å². The summed E-state index contributed by atoms with van der Waals surface area (Å²) in [6.07, 6.45) is 1.59. The molecule has 0 aliphatic carbocycles. The maximum Gasteiger partial charge on any atom is 0.251 e. The summed E-state index contributed by atoms with van der Waals surface area (Å²) in [7, 11) is 1.66. The van der Waals surface area contributed by atoms with Crippen LogP contribution in [0.15, 0.2) is 24.3 Å². The van der Waals surface area contributed by atoms with E-state index >= 15 is 0 Å². The Bertz CT molecular complexity index is 1050. The molecule has 158 valence electrons. The maximum absolute atomic E-state index is 12.6. The van der Waals surface area contributed by atoms with Crippen LogP contribution in [-0.2, 0) is 9.53 Å². The van der Waals surface area contributed by atoms with Gasteiger partial charge in [0.25, 0.3) is 5.91 Å². The average Bonchev–Trinajstić information content (AvgIpc) is 3.52. The Balaban J connectivity index is 1.34. The van der Waals surface area contributed by atoms with E-state index in [0.29, 0.717) is 19.7 Å². The fraction of sp³-hybridized carbons (Fsp3) is 0.476. The van der Waals surface area contributed by atoms with E-state index in [9.17, 15) is 4.79 Å². The van der Waals surface area contributed by atoms with Crippen LogP contribution in [0.3, 0.4) is 0 Å². The van der Waals surface area contributed by atoms with E-state index in [-0.39, 0.29) is 12.0 Å². The van der Waals surface area contributed by atoms with Gasteiger partial charge in [-0.2, -0.15) is 10.1 Å². The van der Waals surface area contributed by atoms with E-state index in [0.717, 1.165) is 58.5 Å². The van der Waals surface area contributed by atoms with Gasteiger partial charge in [0, 0.05) is 32.8 Å². The molecule has 2 aliphatic heterocycles. The van der Waals surface area contributed by atoms with Gasteiger partial charge >= 0.3 is 0 Å². The normalized spacial score (nSPS) is 19.6. The average molecular weight is 428 g/mol. The van der Waals surface area contributed by atoms with Gasteiger partial charge in [-0.05, 0) is 44.0 Å². The summed E-state index contributed by atoms with van der Waals surface area (Å²) < 4.78 is 13.8. The molecule has 2 aliphatic rings. The Hall–Kier alpha value is -2.65. The van der Waals surface area contributed by atoms with Gasteiger partial charge in [-0.25, -0.2) is 4.68 Å². The molecule has 9 heteroatoms. The quantitative estimate of drug-likeness (QED) is 0.637. The molecule has 2 fully saturated rings. The third-order valence-corrected chi connectivity index (χ3v) is 6.98. The standard InChI is InChI=1S/C21H25N5O3S/c1-14-18-19(26(23-14)15-5-7-16(28-2)8-6-15)22-21(30-18)25-11-9-24(10-12-25)20(27)17-4-3-13-29-17/h5-8,17H,3-4,9-13H2,1-2H3/t17-/m0/s1. The molecule has 1 amide bonds. The summed E-state index contributed by atoms with van der Waals surface area (Å²) in [5.41, 5.74) is 2.80. The van der Waals surface area contributed by atoms with Crippen molar-refractivity contribution in [2.24, 2.45) is 0 Å². The molecular formula is C21H25N5O3S. The van der Waals surface area contributed by atoms with Gasteiger partial charge in [0.2, 0.25) is 0 Å². The number of benzene rings is 1. The lowest BCUT2D eigenvalue weighted by atomic mass is 10.2. The van der Waals surface area contributed by atoms with Gasteiger partial charge < -0.3 is 19.3 Å². The second kappa shape index (κ2) is 7.88. The van der Waals surface area contributed by atoms with Crippen molar-refractivity contribution in [1.29, 1.82) is 0 Å². The molecule has 0 saturated carbocycles. The van der Waals surface area contributed by atoms with Crippen LogP contribution in [0, 0.1) is 6.92 Å². The zero-order chi connectivity index (χ0) is 20.7. The highest BCUT2D eigenvalue weighted by atomic mass is 32.1. The van der Waals surface area contributed by atoms with Gasteiger partial charge in [-0.15, -0.1) is 0 Å². The minimum Gasteiger partial charge on any atom is -0.497 e. The second-order valence-electron chi connectivity index (χ2n) is 7.66. The molecule has 2 saturated heterocycles. The van der Waals surface area contributed by atoms with Gasteiger partial charge in [0.1, 0.15) is 11.9 Å². The van der Waals surface area contributed by atoms with Crippen LogP contribution < -0.4 is 9.64 Å². The van der Waals surface area contributed by atoms with Crippen molar-refractivity contribution < 1.29 is 14.3 Å². The van der Waals surface area contributed by atoms with E-state index in [2.05, 4.69) is 10.00 Å². The number of thiazole rings is 1. The van der Waals surface area contributed by atoms with Crippen LogP contribution >= 0.6 is 11.3 Å². The third-order valence-electron chi connectivity index (χ3n) is 5.76. The van der Waals surface area contributed by atoms with Crippen molar-refractivity contribution in [3.63, 3.8) is 0 Å². The van der Waals surface area contributed by atoms with Gasteiger partial charge in [0.05, 0.1) is 23.2 Å². The van der Waals surface area contributed by atoms with E-state index in [1.165, 1.54) is 0 Å². The Labute approximate surface area is 179 Å². The fourth-order valence-corrected chi connectivity index (χ4v) is 5.09. The van der Waals surface area contributed by atoms with Crippen molar-refractivity contribution in [1.82, 2.24) is 19.7 Å². The van der Waals surface area contributed by atoms with Gasteiger partial charge in [0.15, 0.2) is 10.8 Å². The molecule has 5 rings (SSSR count). The van der Waals surface area contributed by atoms with E-state index < -0.39 is 0 Å². The summed E-state index contributed by atoms with van der Waals surface area (Å²) in [5.74, 6) is 0.954. The number of nitrogens with zero attached hydrogens (tertiary/aromatic N) is 5. The zero-order valence-corrected chi connectivity index (χ0v) is 18.0. The highest BCUT2D eigenvalue weighted by molar-refractivity contribution is 7.22. The molecule has 0 radical (unpaired) electrons. The maximum atomic E-state index is 12.6. The summed E-state index contributed by atoms with van der Waals surface area (Å²) in [6.45, 7) is 5.69. The van der Waals surface area contributed by atoms with Crippen LogP contribution in [0.25, 0.3) is 16.0 Å². The lowest BCUT2D eigenvalue weighted by Crippen LogP contribution is -2.51.